The smallest absolute Gasteiger partial charge is 0.135 e. The van der Waals surface area contributed by atoms with Gasteiger partial charge in [-0.05, 0) is 35.4 Å². The zero-order chi connectivity index (χ0) is 14.0. The van der Waals surface area contributed by atoms with Crippen LogP contribution >= 0.6 is 34.8 Å². The number of rotatable bonds is 3. The van der Waals surface area contributed by atoms with Gasteiger partial charge in [0.1, 0.15) is 21.3 Å². The average molecular weight is 322 g/mol. The first-order chi connectivity index (χ1) is 8.94. The first kappa shape index (κ1) is 14.6. The lowest BCUT2D eigenvalue weighted by molar-refractivity contribution is 0.623. The summed E-state index contributed by atoms with van der Waals surface area (Å²) < 4.78 is 25.9. The van der Waals surface area contributed by atoms with Crippen molar-refractivity contribution in [2.24, 2.45) is 0 Å². The lowest BCUT2D eigenvalue weighted by Gasteiger charge is -2.29. The third-order valence-electron chi connectivity index (χ3n) is 2.83. The first-order valence-corrected chi connectivity index (χ1v) is 6.69. The van der Waals surface area contributed by atoms with Crippen molar-refractivity contribution in [3.63, 3.8) is 0 Å². The molecule has 0 N–H and O–H groups in total. The van der Waals surface area contributed by atoms with Crippen LogP contribution in [0.1, 0.15) is 11.1 Å². The molecule has 5 heteroatoms. The fraction of sp³-hybridized carbons (Fsp3) is 0.143. The molecule has 0 saturated heterocycles. The molecule has 0 amide bonds. The normalized spacial score (nSPS) is 11.9. The largest absolute Gasteiger partial charge is 0.207 e. The lowest BCUT2D eigenvalue weighted by Crippen LogP contribution is -2.28. The van der Waals surface area contributed by atoms with E-state index in [1.165, 1.54) is 48.5 Å². The van der Waals surface area contributed by atoms with Gasteiger partial charge in [0.25, 0.3) is 0 Å². The van der Waals surface area contributed by atoms with Gasteiger partial charge in [-0.2, -0.15) is 0 Å². The Hall–Kier alpha value is -0.830. The second kappa shape index (κ2) is 5.66. The van der Waals surface area contributed by atoms with E-state index in [0.29, 0.717) is 11.1 Å². The second-order valence-corrected chi connectivity index (χ2v) is 5.72. The Morgan fingerprint density at radius 2 is 1.05 bits per heavy atom. The quantitative estimate of drug-likeness (QED) is 0.677. The van der Waals surface area contributed by atoms with Crippen LogP contribution in [0.5, 0.6) is 0 Å². The molecule has 0 atom stereocenters. The highest BCUT2D eigenvalue weighted by Crippen LogP contribution is 2.44. The van der Waals surface area contributed by atoms with E-state index in [0.717, 1.165) is 0 Å². The summed E-state index contributed by atoms with van der Waals surface area (Å²) in [5.41, 5.74) is 1.08. The Morgan fingerprint density at radius 1 is 0.737 bits per heavy atom. The van der Waals surface area contributed by atoms with E-state index >= 15 is 0 Å². The second-order valence-electron chi connectivity index (χ2n) is 4.03. The summed E-state index contributed by atoms with van der Waals surface area (Å²) in [5.74, 6) is -0.773. The molecule has 0 aliphatic heterocycles. The predicted molar refractivity (Wildman–Crippen MR) is 74.9 cm³/mol. The molecule has 2 aromatic rings. The third-order valence-corrected chi connectivity index (χ3v) is 4.36. The maximum atomic E-state index is 13.0. The van der Waals surface area contributed by atoms with Gasteiger partial charge in [0.05, 0.1) is 0 Å². The van der Waals surface area contributed by atoms with Crippen molar-refractivity contribution in [2.45, 2.75) is 9.71 Å². The summed E-state index contributed by atoms with van der Waals surface area (Å²) in [6.45, 7) is 0. The van der Waals surface area contributed by atoms with Crippen LogP contribution in [0.25, 0.3) is 0 Å². The van der Waals surface area contributed by atoms with Crippen molar-refractivity contribution in [1.82, 2.24) is 0 Å². The van der Waals surface area contributed by atoms with Gasteiger partial charge in [-0.15, -0.1) is 34.8 Å². The van der Waals surface area contributed by atoms with Crippen molar-refractivity contribution < 1.29 is 8.78 Å². The molecule has 0 radical (unpaired) electrons. The van der Waals surface area contributed by atoms with Crippen LogP contribution < -0.4 is 0 Å². The minimum absolute atomic E-state index is 0.387. The number of alkyl halides is 3. The van der Waals surface area contributed by atoms with E-state index in [4.69, 9.17) is 34.8 Å². The Bertz CT molecular complexity index is 504. The molecule has 100 valence electrons. The summed E-state index contributed by atoms with van der Waals surface area (Å²) in [4.78, 5) is -2.24. The maximum absolute atomic E-state index is 13.0. The molecule has 0 aliphatic carbocycles. The number of halogens is 5. The number of benzene rings is 2. The van der Waals surface area contributed by atoms with Gasteiger partial charge in [0.15, 0.2) is 0 Å². The highest BCUT2D eigenvalue weighted by molar-refractivity contribution is 6.50. The van der Waals surface area contributed by atoms with Crippen LogP contribution in [-0.4, -0.2) is 4.84 Å². The highest BCUT2D eigenvalue weighted by Gasteiger charge is 2.38. The van der Waals surface area contributed by atoms with Gasteiger partial charge in [-0.25, -0.2) is 8.78 Å². The van der Waals surface area contributed by atoms with E-state index in [9.17, 15) is 8.78 Å². The van der Waals surface area contributed by atoms with Crippen LogP contribution in [0.4, 0.5) is 8.78 Å². The Morgan fingerprint density at radius 3 is 1.32 bits per heavy atom. The molecule has 19 heavy (non-hydrogen) atoms. The lowest BCUT2D eigenvalue weighted by atomic mass is 9.91. The van der Waals surface area contributed by atoms with Crippen LogP contribution in [0.2, 0.25) is 0 Å². The molecule has 0 bridgehead atoms. The Labute approximate surface area is 124 Å². The zero-order valence-corrected chi connectivity index (χ0v) is 11.9. The first-order valence-electron chi connectivity index (χ1n) is 5.43. The van der Waals surface area contributed by atoms with E-state index in [1.54, 1.807) is 0 Å². The van der Waals surface area contributed by atoms with E-state index < -0.39 is 9.71 Å². The summed E-state index contributed by atoms with van der Waals surface area (Å²) in [7, 11) is 0. The Kier molecular flexibility index (Phi) is 4.34. The molecule has 0 nitrogen and oxygen atoms in total. The van der Waals surface area contributed by atoms with Gasteiger partial charge >= 0.3 is 0 Å². The molecule has 0 spiro atoms. The SMILES string of the molecule is Fc1ccc(C(Cl)(c2ccc(F)cc2)C(Cl)Cl)cc1. The summed E-state index contributed by atoms with van der Waals surface area (Å²) in [5, 5.41) is 0. The van der Waals surface area contributed by atoms with E-state index in [2.05, 4.69) is 0 Å². The van der Waals surface area contributed by atoms with Crippen LogP contribution in [0.15, 0.2) is 48.5 Å². The molecular weight excluding hydrogens is 313 g/mol. The summed E-state index contributed by atoms with van der Waals surface area (Å²) >= 11 is 18.5. The minimum Gasteiger partial charge on any atom is -0.207 e. The molecule has 0 saturated carbocycles. The molecule has 2 aromatic carbocycles. The van der Waals surface area contributed by atoms with Crippen LogP contribution in [0.3, 0.4) is 0 Å². The topological polar surface area (TPSA) is 0 Å². The zero-order valence-electron chi connectivity index (χ0n) is 9.59. The van der Waals surface area contributed by atoms with Crippen molar-refractivity contribution >= 4 is 34.8 Å². The van der Waals surface area contributed by atoms with Gasteiger partial charge in [0, 0.05) is 0 Å². The third kappa shape index (κ3) is 2.86. The van der Waals surface area contributed by atoms with Gasteiger partial charge in [-0.3, -0.25) is 0 Å². The fourth-order valence-electron chi connectivity index (χ4n) is 1.80. The fourth-order valence-corrected chi connectivity index (χ4v) is 2.56. The van der Waals surface area contributed by atoms with Gasteiger partial charge < -0.3 is 0 Å². The van der Waals surface area contributed by atoms with E-state index in [1.807, 2.05) is 0 Å². The highest BCUT2D eigenvalue weighted by atomic mass is 35.5. The molecule has 0 fully saturated rings. The molecule has 0 unspecified atom stereocenters. The van der Waals surface area contributed by atoms with Gasteiger partial charge in [-0.1, -0.05) is 24.3 Å². The molecule has 0 aromatic heterocycles. The maximum Gasteiger partial charge on any atom is 0.135 e. The monoisotopic (exact) mass is 320 g/mol. The van der Waals surface area contributed by atoms with Gasteiger partial charge in [0.2, 0.25) is 0 Å². The average Bonchev–Trinajstić information content (AvgIpc) is 2.39. The Balaban J connectivity index is 2.54. The minimum atomic E-state index is -1.26. The van der Waals surface area contributed by atoms with E-state index in [-0.39, 0.29) is 11.6 Å². The molecule has 2 rings (SSSR count). The predicted octanol–water partition coefficient (Wildman–Crippen LogP) is 5.25. The molecule has 0 aliphatic rings. The number of hydrogen-bond donors (Lipinski definition) is 0. The number of hydrogen-bond acceptors (Lipinski definition) is 0. The molecular formula is C14H9Cl3F2. The standard InChI is InChI=1S/C14H9Cl3F2/c15-13(16)14(17,9-1-5-11(18)6-2-9)10-3-7-12(19)8-4-10/h1-8,13H. The van der Waals surface area contributed by atoms with Crippen molar-refractivity contribution in [3.8, 4) is 0 Å². The van der Waals surface area contributed by atoms with Crippen molar-refractivity contribution in [3.05, 3.63) is 71.3 Å². The van der Waals surface area contributed by atoms with Crippen molar-refractivity contribution in [1.29, 1.82) is 0 Å². The molecule has 0 heterocycles. The van der Waals surface area contributed by atoms with Crippen LogP contribution in [0, 0.1) is 11.6 Å². The van der Waals surface area contributed by atoms with Crippen LogP contribution in [-0.2, 0) is 4.87 Å². The summed E-state index contributed by atoms with van der Waals surface area (Å²) in [6.07, 6.45) is 0. The van der Waals surface area contributed by atoms with Crippen molar-refractivity contribution in [2.75, 3.05) is 0 Å². The summed E-state index contributed by atoms with van der Waals surface area (Å²) in [6, 6.07) is 11.1.